The fourth-order valence-corrected chi connectivity index (χ4v) is 10.4. The highest BCUT2D eigenvalue weighted by Gasteiger charge is 2.64. The highest BCUT2D eigenvalue weighted by atomic mass is 32.2. The molecule has 2 bridgehead atoms. The molecular weight excluding hydrogens is 428 g/mol. The number of carbonyl (C=O) groups excluding carboxylic acids is 2. The maximum absolute atomic E-state index is 11.8. The lowest BCUT2D eigenvalue weighted by Crippen LogP contribution is -2.42. The summed E-state index contributed by atoms with van der Waals surface area (Å²) in [6, 6.07) is 0. The van der Waals surface area contributed by atoms with Crippen molar-refractivity contribution in [3.05, 3.63) is 0 Å². The number of rotatable bonds is 8. The molecule has 0 aromatic heterocycles. The van der Waals surface area contributed by atoms with Gasteiger partial charge in [0.05, 0.1) is 15.9 Å². The molecule has 1 aliphatic heterocycles. The Kier molecular flexibility index (Phi) is 9.14. The molecule has 2 atom stereocenters. The molecule has 1 heterocycles. The molecule has 5 nitrogen and oxygen atoms in total. The van der Waals surface area contributed by atoms with Crippen molar-refractivity contribution >= 4 is 44.3 Å². The minimum absolute atomic E-state index is 0.0248. The Morgan fingerprint density at radius 1 is 1.24 bits per heavy atom. The second-order valence-electron chi connectivity index (χ2n) is 9.14. The van der Waals surface area contributed by atoms with Gasteiger partial charge in [-0.15, -0.1) is 0 Å². The van der Waals surface area contributed by atoms with Gasteiger partial charge in [0.15, 0.2) is 11.5 Å². The van der Waals surface area contributed by atoms with Crippen LogP contribution in [-0.2, 0) is 30.6 Å². The standard InChI is InChI=1S/C11H21OS2.C10H16O4S/c1-2-3-4-5-11(12)10-14-8-6-13-7-9-14;1-9(2)7-3-4-10(9,8(11)5-7)6-15(12,13)14/h2-10H2,1H3;7H,3-6H2,1-2H3,(H,12,13,14)/q+1;/p-1. The zero-order chi connectivity index (χ0) is 21.7. The molecular formula is C21H36O5S3. The van der Waals surface area contributed by atoms with E-state index in [2.05, 4.69) is 6.92 Å². The minimum atomic E-state index is -4.33. The smallest absolute Gasteiger partial charge is 0.181 e. The highest BCUT2D eigenvalue weighted by molar-refractivity contribution is 8.05. The van der Waals surface area contributed by atoms with Crippen molar-refractivity contribution in [3.8, 4) is 0 Å². The Bertz CT molecular complexity index is 682. The Hall–Kier alpha value is -0.0500. The van der Waals surface area contributed by atoms with Crippen LogP contribution in [0.3, 0.4) is 0 Å². The average Bonchev–Trinajstić information content (AvgIpc) is 2.96. The molecule has 3 rings (SSSR count). The molecule has 0 N–H and O–H groups in total. The van der Waals surface area contributed by atoms with Crippen LogP contribution in [0, 0.1) is 16.7 Å². The molecule has 2 aliphatic carbocycles. The van der Waals surface area contributed by atoms with Gasteiger partial charge < -0.3 is 4.55 Å². The number of unbranched alkanes of at least 4 members (excludes halogenated alkanes) is 2. The van der Waals surface area contributed by atoms with Gasteiger partial charge in [-0.05, 0) is 41.5 Å². The number of hydrogen-bond donors (Lipinski definition) is 0. The number of fused-ring (bicyclic) bond motifs is 2. The van der Waals surface area contributed by atoms with Gasteiger partial charge in [-0.25, -0.2) is 8.42 Å². The molecule has 2 unspecified atom stereocenters. The fourth-order valence-electron chi connectivity index (χ4n) is 4.98. The zero-order valence-electron chi connectivity index (χ0n) is 18.0. The number of hydrogen-bond acceptors (Lipinski definition) is 6. The van der Waals surface area contributed by atoms with Gasteiger partial charge in [0, 0.05) is 29.8 Å². The molecule has 2 saturated carbocycles. The lowest BCUT2D eigenvalue weighted by atomic mass is 9.70. The predicted octanol–water partition coefficient (Wildman–Crippen LogP) is 3.43. The molecule has 3 aliphatic rings. The van der Waals surface area contributed by atoms with Crippen LogP contribution in [-0.4, -0.2) is 59.1 Å². The summed E-state index contributed by atoms with van der Waals surface area (Å²) in [6.45, 7) is 6.02. The van der Waals surface area contributed by atoms with Gasteiger partial charge in [-0.1, -0.05) is 33.6 Å². The third-order valence-corrected chi connectivity index (χ3v) is 11.7. The van der Waals surface area contributed by atoms with Gasteiger partial charge in [-0.2, -0.15) is 11.8 Å². The largest absolute Gasteiger partial charge is 0.748 e. The molecule has 0 aromatic rings. The van der Waals surface area contributed by atoms with Gasteiger partial charge in [0.1, 0.15) is 17.3 Å². The van der Waals surface area contributed by atoms with E-state index in [0.29, 0.717) is 29.5 Å². The van der Waals surface area contributed by atoms with Crippen LogP contribution >= 0.6 is 11.8 Å². The molecule has 168 valence electrons. The molecule has 3 fully saturated rings. The summed E-state index contributed by atoms with van der Waals surface area (Å²) in [5.41, 5.74) is -1.22. The average molecular weight is 465 g/mol. The van der Waals surface area contributed by atoms with Crippen LogP contribution in [0.4, 0.5) is 0 Å². The van der Waals surface area contributed by atoms with E-state index in [1.807, 2.05) is 25.6 Å². The Morgan fingerprint density at radius 3 is 2.38 bits per heavy atom. The minimum Gasteiger partial charge on any atom is -0.748 e. The second-order valence-corrected chi connectivity index (χ2v) is 14.1. The number of carbonyl (C=O) groups is 2. The van der Waals surface area contributed by atoms with E-state index in [-0.39, 0.29) is 17.1 Å². The first-order valence-electron chi connectivity index (χ1n) is 10.7. The first-order valence-corrected chi connectivity index (χ1v) is 15.2. The van der Waals surface area contributed by atoms with Crippen LogP contribution in [0.15, 0.2) is 0 Å². The molecule has 0 aromatic carbocycles. The SMILES string of the molecule is CC1(C)C2CCC1(CS(=O)(=O)[O-])C(=O)C2.CCCCCC(=O)C[S+]1CCSCC1. The quantitative estimate of drug-likeness (QED) is 0.310. The van der Waals surface area contributed by atoms with Crippen LogP contribution < -0.4 is 0 Å². The van der Waals surface area contributed by atoms with Crippen molar-refractivity contribution in [2.45, 2.75) is 65.7 Å². The predicted molar refractivity (Wildman–Crippen MR) is 122 cm³/mol. The lowest BCUT2D eigenvalue weighted by molar-refractivity contribution is -0.128. The van der Waals surface area contributed by atoms with Crippen molar-refractivity contribution in [2.75, 3.05) is 34.5 Å². The van der Waals surface area contributed by atoms with Crippen molar-refractivity contribution in [1.29, 1.82) is 0 Å². The summed E-state index contributed by atoms with van der Waals surface area (Å²) in [6.07, 6.45) is 6.26. The van der Waals surface area contributed by atoms with Crippen LogP contribution in [0.25, 0.3) is 0 Å². The van der Waals surface area contributed by atoms with Crippen LogP contribution in [0.2, 0.25) is 0 Å². The molecule has 0 spiro atoms. The summed E-state index contributed by atoms with van der Waals surface area (Å²) < 4.78 is 32.7. The first kappa shape index (κ1) is 25.2. The Morgan fingerprint density at radius 2 is 1.90 bits per heavy atom. The molecule has 8 heteroatoms. The maximum Gasteiger partial charge on any atom is 0.181 e. The van der Waals surface area contributed by atoms with E-state index in [1.54, 1.807) is 0 Å². The monoisotopic (exact) mass is 464 g/mol. The fraction of sp³-hybridized carbons (Fsp3) is 0.905. The van der Waals surface area contributed by atoms with E-state index in [4.69, 9.17) is 0 Å². The second kappa shape index (κ2) is 10.5. The van der Waals surface area contributed by atoms with E-state index >= 15 is 0 Å². The van der Waals surface area contributed by atoms with Gasteiger partial charge in [0.2, 0.25) is 0 Å². The van der Waals surface area contributed by atoms with E-state index < -0.39 is 21.3 Å². The van der Waals surface area contributed by atoms with Crippen LogP contribution in [0.5, 0.6) is 0 Å². The molecule has 0 amide bonds. The summed E-state index contributed by atoms with van der Waals surface area (Å²) in [5, 5.41) is 0. The van der Waals surface area contributed by atoms with Crippen molar-refractivity contribution in [3.63, 3.8) is 0 Å². The Labute approximate surface area is 183 Å². The third-order valence-electron chi connectivity index (χ3n) is 7.02. The zero-order valence-corrected chi connectivity index (χ0v) is 20.5. The van der Waals surface area contributed by atoms with E-state index in [9.17, 15) is 22.6 Å². The normalized spacial score (nSPS) is 28.8. The number of ketones is 2. The lowest BCUT2D eigenvalue weighted by Gasteiger charge is -2.37. The van der Waals surface area contributed by atoms with Crippen molar-refractivity contribution < 1.29 is 22.6 Å². The third kappa shape index (κ3) is 6.47. The summed E-state index contributed by atoms with van der Waals surface area (Å²) >= 11 is 2.04. The maximum atomic E-state index is 11.8. The summed E-state index contributed by atoms with van der Waals surface area (Å²) in [7, 11) is -3.88. The highest BCUT2D eigenvalue weighted by Crippen LogP contribution is 2.64. The van der Waals surface area contributed by atoms with E-state index in [1.165, 1.54) is 35.9 Å². The van der Waals surface area contributed by atoms with Crippen molar-refractivity contribution in [2.24, 2.45) is 16.7 Å². The van der Waals surface area contributed by atoms with Gasteiger partial charge in [0.25, 0.3) is 0 Å². The van der Waals surface area contributed by atoms with Gasteiger partial charge >= 0.3 is 0 Å². The van der Waals surface area contributed by atoms with E-state index in [0.717, 1.165) is 25.0 Å². The summed E-state index contributed by atoms with van der Waals surface area (Å²) in [5.74, 6) is 6.29. The summed E-state index contributed by atoms with van der Waals surface area (Å²) in [4.78, 5) is 23.4. The number of Topliss-reactive ketones (excluding diaryl/α,β-unsaturated/α-hetero) is 2. The first-order chi connectivity index (χ1) is 13.5. The van der Waals surface area contributed by atoms with Crippen molar-refractivity contribution in [1.82, 2.24) is 0 Å². The van der Waals surface area contributed by atoms with Gasteiger partial charge in [-0.3, -0.25) is 9.59 Å². The van der Waals surface area contributed by atoms with Crippen LogP contribution in [0.1, 0.15) is 65.7 Å². The number of thioether (sulfide) groups is 1. The topological polar surface area (TPSA) is 91.3 Å². The Balaban J connectivity index is 0.000000208. The molecule has 29 heavy (non-hydrogen) atoms. The molecule has 0 radical (unpaired) electrons. The molecule has 1 saturated heterocycles.